The lowest BCUT2D eigenvalue weighted by atomic mass is 9.89. The Hall–Kier alpha value is -3.32. The van der Waals surface area contributed by atoms with Crippen LogP contribution < -0.4 is 5.32 Å². The summed E-state index contributed by atoms with van der Waals surface area (Å²) >= 11 is 0. The molecule has 0 radical (unpaired) electrons. The van der Waals surface area contributed by atoms with Crippen molar-refractivity contribution in [2.75, 3.05) is 25.5 Å². The Balaban J connectivity index is 1.55. The minimum Gasteiger partial charge on any atom is -0.346 e. The smallest absolute Gasteiger partial charge is 0.161 e. The van der Waals surface area contributed by atoms with Crippen LogP contribution in [0.3, 0.4) is 0 Å². The summed E-state index contributed by atoms with van der Waals surface area (Å²) in [6.45, 7) is 6.46. The minimum absolute atomic E-state index is 0.242. The fourth-order valence-corrected chi connectivity index (χ4v) is 4.61. The molecule has 3 aromatic heterocycles. The van der Waals surface area contributed by atoms with E-state index in [0.717, 1.165) is 59.6 Å². The highest BCUT2D eigenvalue weighted by Crippen LogP contribution is 2.37. The molecular weight excluding hydrogens is 415 g/mol. The van der Waals surface area contributed by atoms with Crippen LogP contribution in [0.1, 0.15) is 49.7 Å². The van der Waals surface area contributed by atoms with Crippen LogP contribution in [0.4, 0.5) is 15.9 Å². The van der Waals surface area contributed by atoms with Gasteiger partial charge in [0.2, 0.25) is 0 Å². The number of fused-ring (bicyclic) bond motifs is 1. The van der Waals surface area contributed by atoms with E-state index < -0.39 is 0 Å². The fourth-order valence-electron chi connectivity index (χ4n) is 4.61. The average Bonchev–Trinajstić information content (AvgIpc) is 3.25. The molecule has 5 rings (SSSR count). The number of nitrogens with zero attached hydrogens (tertiary/aromatic N) is 4. The summed E-state index contributed by atoms with van der Waals surface area (Å²) in [7, 11) is 2.18. The van der Waals surface area contributed by atoms with Crippen molar-refractivity contribution in [1.29, 1.82) is 0 Å². The van der Waals surface area contributed by atoms with E-state index in [1.807, 2.05) is 18.5 Å². The largest absolute Gasteiger partial charge is 0.346 e. The summed E-state index contributed by atoms with van der Waals surface area (Å²) in [5.41, 5.74) is 4.99. The molecule has 1 aliphatic heterocycles. The standard InChI is InChI=1S/C26H29FN6/c1-16(2)20-14-29-24(18-4-6-19(27)7-5-18)32-25(20)31-22-8-11-28-26-23(22)21(15-30-26)17-9-12-33(3)13-10-17/h4-8,11,14-17H,9-10,12-13H2,1-3H3,(H2,28,29,30,31,32). The Labute approximate surface area is 193 Å². The van der Waals surface area contributed by atoms with Gasteiger partial charge in [0.15, 0.2) is 5.82 Å². The molecule has 1 fully saturated rings. The number of rotatable bonds is 5. The average molecular weight is 445 g/mol. The molecule has 0 aliphatic carbocycles. The topological polar surface area (TPSA) is 69.7 Å². The molecule has 0 unspecified atom stereocenters. The second-order valence-corrected chi connectivity index (χ2v) is 9.19. The van der Waals surface area contributed by atoms with Crippen LogP contribution in [0.2, 0.25) is 0 Å². The van der Waals surface area contributed by atoms with Gasteiger partial charge in [0.05, 0.1) is 5.69 Å². The van der Waals surface area contributed by atoms with Crippen LogP contribution in [-0.2, 0) is 0 Å². The number of likely N-dealkylation sites (tertiary alicyclic amines) is 1. The van der Waals surface area contributed by atoms with Gasteiger partial charge in [-0.25, -0.2) is 19.3 Å². The van der Waals surface area contributed by atoms with E-state index in [1.165, 1.54) is 17.7 Å². The van der Waals surface area contributed by atoms with Gasteiger partial charge in [0.25, 0.3) is 0 Å². The number of benzene rings is 1. The van der Waals surface area contributed by atoms with Gasteiger partial charge in [-0.05, 0) is 80.7 Å². The molecule has 1 aliphatic rings. The number of halogens is 1. The maximum atomic E-state index is 13.4. The zero-order chi connectivity index (χ0) is 22.9. The van der Waals surface area contributed by atoms with Gasteiger partial charge in [0.1, 0.15) is 17.3 Å². The van der Waals surface area contributed by atoms with Crippen molar-refractivity contribution in [2.45, 2.75) is 38.5 Å². The zero-order valence-electron chi connectivity index (χ0n) is 19.3. The lowest BCUT2D eigenvalue weighted by molar-refractivity contribution is 0.256. The summed E-state index contributed by atoms with van der Waals surface area (Å²) in [6, 6.07) is 8.29. The maximum absolute atomic E-state index is 13.4. The SMILES string of the molecule is CC(C)c1cnc(-c2ccc(F)cc2)nc1Nc1ccnc2[nH]cc(C3CCN(C)CC3)c12. The molecule has 0 saturated carbocycles. The number of anilines is 2. The van der Waals surface area contributed by atoms with Gasteiger partial charge in [-0.3, -0.25) is 0 Å². The molecule has 0 amide bonds. The van der Waals surface area contributed by atoms with Gasteiger partial charge < -0.3 is 15.2 Å². The summed E-state index contributed by atoms with van der Waals surface area (Å²) in [5.74, 6) is 1.80. The third kappa shape index (κ3) is 4.33. The zero-order valence-corrected chi connectivity index (χ0v) is 19.3. The van der Waals surface area contributed by atoms with Crippen molar-refractivity contribution in [1.82, 2.24) is 24.8 Å². The summed E-state index contributed by atoms with van der Waals surface area (Å²) in [6.07, 6.45) is 8.07. The van der Waals surface area contributed by atoms with Crippen LogP contribution in [0.25, 0.3) is 22.4 Å². The Morgan fingerprint density at radius 2 is 1.85 bits per heavy atom. The number of H-pyrrole nitrogens is 1. The van der Waals surface area contributed by atoms with E-state index in [-0.39, 0.29) is 11.7 Å². The van der Waals surface area contributed by atoms with Gasteiger partial charge in [0, 0.05) is 35.1 Å². The molecule has 4 heterocycles. The molecule has 0 spiro atoms. The molecule has 6 nitrogen and oxygen atoms in total. The van der Waals surface area contributed by atoms with Crippen molar-refractivity contribution in [3.05, 3.63) is 65.9 Å². The molecule has 2 N–H and O–H groups in total. The van der Waals surface area contributed by atoms with E-state index in [1.54, 1.807) is 12.1 Å². The number of piperidine rings is 1. The van der Waals surface area contributed by atoms with E-state index in [2.05, 4.69) is 52.3 Å². The maximum Gasteiger partial charge on any atom is 0.161 e. The third-order valence-corrected chi connectivity index (χ3v) is 6.56. The predicted octanol–water partition coefficient (Wildman–Crippen LogP) is 5.84. The molecule has 1 aromatic carbocycles. The van der Waals surface area contributed by atoms with Crippen LogP contribution in [0.5, 0.6) is 0 Å². The van der Waals surface area contributed by atoms with Gasteiger partial charge >= 0.3 is 0 Å². The summed E-state index contributed by atoms with van der Waals surface area (Å²) in [4.78, 5) is 19.7. The number of hydrogen-bond donors (Lipinski definition) is 2. The quantitative estimate of drug-likeness (QED) is 0.405. The van der Waals surface area contributed by atoms with Crippen LogP contribution in [0.15, 0.2) is 48.9 Å². The van der Waals surface area contributed by atoms with E-state index in [4.69, 9.17) is 4.98 Å². The Morgan fingerprint density at radius 1 is 1.09 bits per heavy atom. The molecule has 4 aromatic rings. The number of aromatic amines is 1. The van der Waals surface area contributed by atoms with E-state index >= 15 is 0 Å². The molecule has 170 valence electrons. The molecule has 7 heteroatoms. The van der Waals surface area contributed by atoms with Crippen molar-refractivity contribution in [3.8, 4) is 11.4 Å². The lowest BCUT2D eigenvalue weighted by Gasteiger charge is -2.29. The van der Waals surface area contributed by atoms with Crippen molar-refractivity contribution < 1.29 is 4.39 Å². The number of aromatic nitrogens is 4. The van der Waals surface area contributed by atoms with E-state index in [0.29, 0.717) is 11.7 Å². The summed E-state index contributed by atoms with van der Waals surface area (Å²) < 4.78 is 13.4. The molecular formula is C26H29FN6. The van der Waals surface area contributed by atoms with Crippen LogP contribution in [-0.4, -0.2) is 45.0 Å². The number of pyridine rings is 1. The monoisotopic (exact) mass is 444 g/mol. The normalized spacial score (nSPS) is 15.4. The predicted molar refractivity (Wildman–Crippen MR) is 130 cm³/mol. The highest BCUT2D eigenvalue weighted by Gasteiger charge is 2.23. The second kappa shape index (κ2) is 8.90. The highest BCUT2D eigenvalue weighted by molar-refractivity contribution is 5.94. The van der Waals surface area contributed by atoms with Gasteiger partial charge in [-0.1, -0.05) is 13.8 Å². The molecule has 0 atom stereocenters. The van der Waals surface area contributed by atoms with Crippen molar-refractivity contribution >= 4 is 22.5 Å². The first-order valence-electron chi connectivity index (χ1n) is 11.5. The van der Waals surface area contributed by atoms with Gasteiger partial charge in [-0.15, -0.1) is 0 Å². The first-order chi connectivity index (χ1) is 16.0. The third-order valence-electron chi connectivity index (χ3n) is 6.56. The lowest BCUT2D eigenvalue weighted by Crippen LogP contribution is -2.29. The van der Waals surface area contributed by atoms with Crippen molar-refractivity contribution in [3.63, 3.8) is 0 Å². The highest BCUT2D eigenvalue weighted by atomic mass is 19.1. The molecule has 33 heavy (non-hydrogen) atoms. The Morgan fingerprint density at radius 3 is 2.58 bits per heavy atom. The van der Waals surface area contributed by atoms with Crippen LogP contribution in [0, 0.1) is 5.82 Å². The summed E-state index contributed by atoms with van der Waals surface area (Å²) in [5, 5.41) is 4.73. The second-order valence-electron chi connectivity index (χ2n) is 9.19. The number of nitrogens with one attached hydrogen (secondary N) is 2. The molecule has 0 bridgehead atoms. The minimum atomic E-state index is -0.274. The van der Waals surface area contributed by atoms with E-state index in [9.17, 15) is 4.39 Å². The fraction of sp³-hybridized carbons (Fsp3) is 0.346. The van der Waals surface area contributed by atoms with Gasteiger partial charge in [-0.2, -0.15) is 0 Å². The first-order valence-corrected chi connectivity index (χ1v) is 11.5. The van der Waals surface area contributed by atoms with Crippen LogP contribution >= 0.6 is 0 Å². The first kappa shape index (κ1) is 21.5. The number of hydrogen-bond acceptors (Lipinski definition) is 5. The van der Waals surface area contributed by atoms with Crippen molar-refractivity contribution in [2.24, 2.45) is 0 Å². The Bertz CT molecular complexity index is 1260. The Kier molecular flexibility index (Phi) is 5.81. The molecule has 1 saturated heterocycles.